The van der Waals surface area contributed by atoms with Crippen LogP contribution in [0.3, 0.4) is 0 Å². The number of hydrogen-bond donors (Lipinski definition) is 1. The number of benzene rings is 2. The summed E-state index contributed by atoms with van der Waals surface area (Å²) in [7, 11) is 0. The molecule has 2 N–H and O–H groups in total. The molecule has 106 valence electrons. The maximum atomic E-state index is 9.59. The molecule has 4 nitrogen and oxygen atoms in total. The fourth-order valence-corrected chi connectivity index (χ4v) is 2.47. The van der Waals surface area contributed by atoms with Crippen molar-refractivity contribution in [3.63, 3.8) is 0 Å². The van der Waals surface area contributed by atoms with Gasteiger partial charge in [-0.25, -0.2) is 9.97 Å². The first-order valence-corrected chi connectivity index (χ1v) is 7.37. The van der Waals surface area contributed by atoms with Gasteiger partial charge in [-0.15, -0.1) is 0 Å². The largest absolute Gasteiger partial charge is 0.368 e. The molecule has 5 heteroatoms. The van der Waals surface area contributed by atoms with Crippen molar-refractivity contribution in [1.82, 2.24) is 9.97 Å². The van der Waals surface area contributed by atoms with Crippen LogP contribution in [0.1, 0.15) is 5.56 Å². The van der Waals surface area contributed by atoms with E-state index in [1.54, 1.807) is 0 Å². The third-order valence-corrected chi connectivity index (χ3v) is 3.73. The average Bonchev–Trinajstić information content (AvgIpc) is 2.55. The summed E-state index contributed by atoms with van der Waals surface area (Å²) >= 11 is 3.40. The molecule has 0 atom stereocenters. The zero-order chi connectivity index (χ0) is 15.5. The van der Waals surface area contributed by atoms with E-state index in [1.807, 2.05) is 54.6 Å². The summed E-state index contributed by atoms with van der Waals surface area (Å²) in [6, 6.07) is 19.3. The maximum absolute atomic E-state index is 9.59. The molecule has 0 saturated heterocycles. The lowest BCUT2D eigenvalue weighted by atomic mass is 10.0. The highest BCUT2D eigenvalue weighted by Gasteiger charge is 2.16. The fraction of sp³-hybridized carbons (Fsp3) is 0. The summed E-state index contributed by atoms with van der Waals surface area (Å²) in [6.45, 7) is 0. The molecule has 0 fully saturated rings. The van der Waals surface area contributed by atoms with Crippen molar-refractivity contribution in [3.05, 3.63) is 64.6 Å². The van der Waals surface area contributed by atoms with Gasteiger partial charge in [0.2, 0.25) is 5.95 Å². The Bertz CT molecular complexity index is 852. The lowest BCUT2D eigenvalue weighted by Gasteiger charge is -2.10. The first-order chi connectivity index (χ1) is 10.7. The Morgan fingerprint density at radius 3 is 1.95 bits per heavy atom. The Hall–Kier alpha value is -2.71. The highest BCUT2D eigenvalue weighted by Crippen LogP contribution is 2.30. The number of anilines is 1. The van der Waals surface area contributed by atoms with Crippen molar-refractivity contribution >= 4 is 21.9 Å². The van der Waals surface area contributed by atoms with Gasteiger partial charge < -0.3 is 5.73 Å². The van der Waals surface area contributed by atoms with Gasteiger partial charge in [-0.3, -0.25) is 0 Å². The number of nitrogens with two attached hydrogens (primary N) is 1. The first-order valence-electron chi connectivity index (χ1n) is 6.58. The van der Waals surface area contributed by atoms with Crippen LogP contribution in [0.5, 0.6) is 0 Å². The summed E-state index contributed by atoms with van der Waals surface area (Å²) in [5.74, 6) is 0.149. The van der Waals surface area contributed by atoms with Crippen LogP contribution in [0.4, 0.5) is 5.95 Å². The molecule has 0 radical (unpaired) electrons. The van der Waals surface area contributed by atoms with Crippen LogP contribution in [0.15, 0.2) is 59.1 Å². The summed E-state index contributed by atoms with van der Waals surface area (Å²) in [6.07, 6.45) is 0. The lowest BCUT2D eigenvalue weighted by Crippen LogP contribution is -2.03. The van der Waals surface area contributed by atoms with E-state index in [-0.39, 0.29) is 5.95 Å². The van der Waals surface area contributed by atoms with Gasteiger partial charge in [0, 0.05) is 15.6 Å². The van der Waals surface area contributed by atoms with Crippen molar-refractivity contribution in [3.8, 4) is 28.6 Å². The minimum atomic E-state index is 0.149. The maximum Gasteiger partial charge on any atom is 0.221 e. The van der Waals surface area contributed by atoms with Crippen LogP contribution in [-0.4, -0.2) is 9.97 Å². The smallest absolute Gasteiger partial charge is 0.221 e. The van der Waals surface area contributed by atoms with Crippen LogP contribution < -0.4 is 5.73 Å². The second-order valence-electron chi connectivity index (χ2n) is 4.64. The first kappa shape index (κ1) is 14.2. The van der Waals surface area contributed by atoms with Gasteiger partial charge >= 0.3 is 0 Å². The van der Waals surface area contributed by atoms with Gasteiger partial charge in [-0.05, 0) is 12.1 Å². The number of halogens is 1. The number of nitriles is 1. The molecule has 0 aliphatic carbocycles. The Labute approximate surface area is 136 Å². The summed E-state index contributed by atoms with van der Waals surface area (Å²) < 4.78 is 0.958. The number of hydrogen-bond acceptors (Lipinski definition) is 4. The predicted molar refractivity (Wildman–Crippen MR) is 89.7 cm³/mol. The molecule has 0 unspecified atom stereocenters. The zero-order valence-electron chi connectivity index (χ0n) is 11.5. The molecule has 2 aromatic carbocycles. The minimum absolute atomic E-state index is 0.149. The third-order valence-electron chi connectivity index (χ3n) is 3.20. The van der Waals surface area contributed by atoms with E-state index in [2.05, 4.69) is 32.0 Å². The second kappa shape index (κ2) is 5.96. The molecule has 0 amide bonds. The number of nitrogens with zero attached hydrogens (tertiary/aromatic N) is 3. The van der Waals surface area contributed by atoms with Gasteiger partial charge in [-0.2, -0.15) is 5.26 Å². The molecular formula is C17H11BrN4. The molecule has 22 heavy (non-hydrogen) atoms. The van der Waals surface area contributed by atoms with Crippen LogP contribution in [0.25, 0.3) is 22.5 Å². The van der Waals surface area contributed by atoms with E-state index in [4.69, 9.17) is 5.73 Å². The molecule has 0 saturated carbocycles. The van der Waals surface area contributed by atoms with Gasteiger partial charge in [0.15, 0.2) is 0 Å². The van der Waals surface area contributed by atoms with Crippen molar-refractivity contribution < 1.29 is 0 Å². The van der Waals surface area contributed by atoms with E-state index in [1.165, 1.54) is 0 Å². The summed E-state index contributed by atoms with van der Waals surface area (Å²) in [5.41, 5.74) is 9.02. The van der Waals surface area contributed by atoms with E-state index in [0.29, 0.717) is 17.0 Å². The van der Waals surface area contributed by atoms with E-state index in [0.717, 1.165) is 15.6 Å². The van der Waals surface area contributed by atoms with Gasteiger partial charge in [0.25, 0.3) is 0 Å². The Kier molecular flexibility index (Phi) is 3.86. The predicted octanol–water partition coefficient (Wildman–Crippen LogP) is 4.03. The van der Waals surface area contributed by atoms with Crippen molar-refractivity contribution in [2.45, 2.75) is 0 Å². The SMILES string of the molecule is N#Cc1c(-c2ccccc2)nc(N)nc1-c1ccc(Br)cc1. The number of rotatable bonds is 2. The zero-order valence-corrected chi connectivity index (χ0v) is 13.1. The van der Waals surface area contributed by atoms with Crippen LogP contribution >= 0.6 is 15.9 Å². The Morgan fingerprint density at radius 2 is 1.41 bits per heavy atom. The standard InChI is InChI=1S/C17H11BrN4/c18-13-8-6-12(7-9-13)16-14(10-19)15(21-17(20)22-16)11-4-2-1-3-5-11/h1-9H,(H2,20,21,22). The van der Waals surface area contributed by atoms with Crippen molar-refractivity contribution in [1.29, 1.82) is 5.26 Å². The van der Waals surface area contributed by atoms with E-state index in [9.17, 15) is 5.26 Å². The third kappa shape index (κ3) is 2.69. The molecule has 0 aliphatic rings. The van der Waals surface area contributed by atoms with E-state index >= 15 is 0 Å². The minimum Gasteiger partial charge on any atom is -0.368 e. The molecule has 1 heterocycles. The summed E-state index contributed by atoms with van der Waals surface area (Å²) in [5, 5.41) is 9.59. The fourth-order valence-electron chi connectivity index (χ4n) is 2.21. The van der Waals surface area contributed by atoms with Gasteiger partial charge in [-0.1, -0.05) is 58.4 Å². The van der Waals surface area contributed by atoms with Gasteiger partial charge in [0.05, 0.1) is 11.4 Å². The average molecular weight is 351 g/mol. The quantitative estimate of drug-likeness (QED) is 0.756. The monoisotopic (exact) mass is 350 g/mol. The molecule has 3 rings (SSSR count). The van der Waals surface area contributed by atoms with E-state index < -0.39 is 0 Å². The van der Waals surface area contributed by atoms with Crippen molar-refractivity contribution in [2.24, 2.45) is 0 Å². The Balaban J connectivity index is 2.26. The highest BCUT2D eigenvalue weighted by atomic mass is 79.9. The molecular weight excluding hydrogens is 340 g/mol. The topological polar surface area (TPSA) is 75.6 Å². The Morgan fingerprint density at radius 1 is 0.864 bits per heavy atom. The molecule has 1 aromatic heterocycles. The van der Waals surface area contributed by atoms with Crippen LogP contribution in [0, 0.1) is 11.3 Å². The van der Waals surface area contributed by atoms with Gasteiger partial charge in [0.1, 0.15) is 11.6 Å². The number of nitrogen functional groups attached to an aromatic ring is 1. The molecule has 0 bridgehead atoms. The number of aromatic nitrogens is 2. The molecule has 0 spiro atoms. The summed E-state index contributed by atoms with van der Waals surface area (Å²) in [4.78, 5) is 8.51. The van der Waals surface area contributed by atoms with Crippen LogP contribution in [-0.2, 0) is 0 Å². The molecule has 0 aliphatic heterocycles. The highest BCUT2D eigenvalue weighted by molar-refractivity contribution is 9.10. The lowest BCUT2D eigenvalue weighted by molar-refractivity contribution is 1.18. The second-order valence-corrected chi connectivity index (χ2v) is 5.55. The normalized spacial score (nSPS) is 10.2. The van der Waals surface area contributed by atoms with Crippen LogP contribution in [0.2, 0.25) is 0 Å². The molecule has 3 aromatic rings. The van der Waals surface area contributed by atoms with Crippen molar-refractivity contribution in [2.75, 3.05) is 5.73 Å².